The van der Waals surface area contributed by atoms with Gasteiger partial charge in [0.1, 0.15) is 19.5 Å². The van der Waals surface area contributed by atoms with Crippen LogP contribution in [0.1, 0.15) is 46.9 Å². The van der Waals surface area contributed by atoms with E-state index in [2.05, 4.69) is 10.2 Å². The molecule has 170 valence electrons. The molecule has 0 saturated carbocycles. The van der Waals surface area contributed by atoms with Crippen molar-refractivity contribution in [3.63, 3.8) is 0 Å². The van der Waals surface area contributed by atoms with Gasteiger partial charge in [0.25, 0.3) is 0 Å². The number of ether oxygens (including phenoxy) is 2. The van der Waals surface area contributed by atoms with Crippen molar-refractivity contribution < 1.29 is 24.2 Å². The quantitative estimate of drug-likeness (QED) is 0.586. The first kappa shape index (κ1) is 22.3. The van der Waals surface area contributed by atoms with Crippen molar-refractivity contribution >= 4 is 12.2 Å². The zero-order valence-corrected chi connectivity index (χ0v) is 18.2. The number of aliphatic hydroxyl groups excluding tert-OH is 1. The Balaban J connectivity index is 1.42. The summed E-state index contributed by atoms with van der Waals surface area (Å²) in [5, 5.41) is 14.1. The highest BCUT2D eigenvalue weighted by molar-refractivity contribution is 5.76. The molecule has 0 aromatic heterocycles. The maximum absolute atomic E-state index is 12.8. The van der Waals surface area contributed by atoms with Crippen molar-refractivity contribution in [2.45, 2.75) is 31.9 Å². The van der Waals surface area contributed by atoms with E-state index >= 15 is 0 Å². The van der Waals surface area contributed by atoms with Crippen LogP contribution >= 0.6 is 0 Å². The van der Waals surface area contributed by atoms with Crippen molar-refractivity contribution in [1.29, 1.82) is 0 Å². The summed E-state index contributed by atoms with van der Waals surface area (Å²) in [4.78, 5) is 25.9. The molecule has 0 aliphatic carbocycles. The Morgan fingerprint density at radius 3 is 2.50 bits per heavy atom. The minimum atomic E-state index is -0.788. The second-order valence-corrected chi connectivity index (χ2v) is 8.46. The average molecular weight is 439 g/mol. The first-order valence-electron chi connectivity index (χ1n) is 11.2. The molecule has 2 N–H and O–H groups in total. The first-order valence-corrected chi connectivity index (χ1v) is 11.2. The van der Waals surface area contributed by atoms with Crippen LogP contribution < -0.4 is 14.8 Å². The van der Waals surface area contributed by atoms with E-state index in [1.54, 1.807) is 12.1 Å². The minimum Gasteiger partial charge on any atom is -0.486 e. The van der Waals surface area contributed by atoms with Crippen LogP contribution in [0.3, 0.4) is 0 Å². The lowest BCUT2D eigenvalue weighted by Gasteiger charge is -2.28. The monoisotopic (exact) mass is 438 g/mol. The van der Waals surface area contributed by atoms with Crippen molar-refractivity contribution in [3.05, 3.63) is 59.2 Å². The van der Waals surface area contributed by atoms with Gasteiger partial charge in [-0.3, -0.25) is 9.59 Å². The molecule has 2 atom stereocenters. The van der Waals surface area contributed by atoms with E-state index in [0.29, 0.717) is 43.4 Å². The summed E-state index contributed by atoms with van der Waals surface area (Å²) in [5.41, 5.74) is 2.26. The molecule has 2 unspecified atom stereocenters. The van der Waals surface area contributed by atoms with E-state index < -0.39 is 6.10 Å². The Morgan fingerprint density at radius 1 is 1.06 bits per heavy atom. The highest BCUT2D eigenvalue weighted by Gasteiger charge is 2.28. The molecular formula is C25H30N2O5. The molecule has 1 amide bonds. The molecular weight excluding hydrogens is 408 g/mol. The van der Waals surface area contributed by atoms with Crippen LogP contribution in [0.15, 0.2) is 42.5 Å². The van der Waals surface area contributed by atoms with Crippen LogP contribution in [0.5, 0.6) is 11.5 Å². The van der Waals surface area contributed by atoms with Gasteiger partial charge in [-0.05, 0) is 49.2 Å². The molecule has 4 rings (SSSR count). The zero-order chi connectivity index (χ0) is 22.3. The molecule has 2 aromatic carbocycles. The fourth-order valence-electron chi connectivity index (χ4n) is 4.31. The SMILES string of the molecule is O=Cc1ccc(CNC(=O)CC(CN2CCCC2)C(O)c2ccc3c(c2)OCCO3)cc1. The molecule has 2 aromatic rings. The van der Waals surface area contributed by atoms with E-state index in [9.17, 15) is 14.7 Å². The highest BCUT2D eigenvalue weighted by Crippen LogP contribution is 2.35. The average Bonchev–Trinajstić information content (AvgIpc) is 3.35. The van der Waals surface area contributed by atoms with Crippen LogP contribution in [0.25, 0.3) is 0 Å². The summed E-state index contributed by atoms with van der Waals surface area (Å²) >= 11 is 0. The van der Waals surface area contributed by atoms with E-state index in [-0.39, 0.29) is 18.2 Å². The highest BCUT2D eigenvalue weighted by atomic mass is 16.6. The third kappa shape index (κ3) is 5.66. The molecule has 0 radical (unpaired) electrons. The number of likely N-dealkylation sites (tertiary alicyclic amines) is 1. The number of hydrogen-bond acceptors (Lipinski definition) is 6. The Hall–Kier alpha value is -2.90. The summed E-state index contributed by atoms with van der Waals surface area (Å²) < 4.78 is 11.2. The van der Waals surface area contributed by atoms with Gasteiger partial charge in [0, 0.05) is 31.0 Å². The molecule has 0 spiro atoms. The first-order chi connectivity index (χ1) is 15.6. The van der Waals surface area contributed by atoms with E-state index in [1.165, 1.54) is 0 Å². The molecule has 1 fully saturated rings. The van der Waals surface area contributed by atoms with Gasteiger partial charge in [0.15, 0.2) is 11.5 Å². The lowest BCUT2D eigenvalue weighted by molar-refractivity contribution is -0.123. The number of carbonyl (C=O) groups is 2. The lowest BCUT2D eigenvalue weighted by Crippen LogP contribution is -2.34. The normalized spacial score (nSPS) is 17.5. The van der Waals surface area contributed by atoms with Crippen LogP contribution in [0.4, 0.5) is 0 Å². The number of rotatable bonds is 9. The summed E-state index contributed by atoms with van der Waals surface area (Å²) in [6, 6.07) is 12.6. The van der Waals surface area contributed by atoms with Gasteiger partial charge in [-0.1, -0.05) is 30.3 Å². The van der Waals surface area contributed by atoms with Crippen LogP contribution in [-0.4, -0.2) is 55.0 Å². The summed E-state index contributed by atoms with van der Waals surface area (Å²) in [5.74, 6) is 0.968. The number of benzene rings is 2. The Morgan fingerprint density at radius 2 is 1.78 bits per heavy atom. The van der Waals surface area contributed by atoms with E-state index in [0.717, 1.165) is 43.3 Å². The molecule has 2 heterocycles. The van der Waals surface area contributed by atoms with Gasteiger partial charge in [0.2, 0.25) is 5.91 Å². The minimum absolute atomic E-state index is 0.106. The van der Waals surface area contributed by atoms with Gasteiger partial charge in [-0.15, -0.1) is 0 Å². The number of nitrogens with zero attached hydrogens (tertiary/aromatic N) is 1. The summed E-state index contributed by atoms with van der Waals surface area (Å²) in [6.45, 7) is 4.04. The van der Waals surface area contributed by atoms with Crippen molar-refractivity contribution in [2.75, 3.05) is 32.8 Å². The third-order valence-electron chi connectivity index (χ3n) is 6.10. The zero-order valence-electron chi connectivity index (χ0n) is 18.2. The van der Waals surface area contributed by atoms with E-state index in [4.69, 9.17) is 9.47 Å². The van der Waals surface area contributed by atoms with Crippen LogP contribution in [0.2, 0.25) is 0 Å². The Labute approximate surface area is 188 Å². The topological polar surface area (TPSA) is 88.1 Å². The lowest BCUT2D eigenvalue weighted by atomic mass is 9.91. The molecule has 7 nitrogen and oxygen atoms in total. The molecule has 1 saturated heterocycles. The standard InChI is InChI=1S/C25H30N2O5/c28-17-19-5-3-18(4-6-19)15-26-24(29)14-21(16-27-9-1-2-10-27)25(30)20-7-8-22-23(13-20)32-12-11-31-22/h3-8,13,17,21,25,30H,1-2,9-12,14-16H2,(H,26,29). The Kier molecular flexibility index (Phi) is 7.39. The van der Waals surface area contributed by atoms with Gasteiger partial charge in [0.05, 0.1) is 6.10 Å². The number of nitrogens with one attached hydrogen (secondary N) is 1. The second-order valence-electron chi connectivity index (χ2n) is 8.46. The molecule has 32 heavy (non-hydrogen) atoms. The largest absolute Gasteiger partial charge is 0.486 e. The summed E-state index contributed by atoms with van der Waals surface area (Å²) in [6.07, 6.45) is 2.53. The number of fused-ring (bicyclic) bond motifs is 1. The fraction of sp³-hybridized carbons (Fsp3) is 0.440. The van der Waals surface area contributed by atoms with E-state index in [1.807, 2.05) is 30.3 Å². The van der Waals surface area contributed by atoms with Crippen molar-refractivity contribution in [2.24, 2.45) is 5.92 Å². The van der Waals surface area contributed by atoms with Gasteiger partial charge < -0.3 is 24.8 Å². The number of aliphatic hydroxyl groups is 1. The molecule has 0 bridgehead atoms. The maximum Gasteiger partial charge on any atom is 0.220 e. The number of amides is 1. The van der Waals surface area contributed by atoms with Crippen molar-refractivity contribution in [3.8, 4) is 11.5 Å². The number of carbonyl (C=O) groups excluding carboxylic acids is 2. The Bertz CT molecular complexity index is 924. The van der Waals surface area contributed by atoms with Crippen molar-refractivity contribution in [1.82, 2.24) is 10.2 Å². The van der Waals surface area contributed by atoms with Gasteiger partial charge >= 0.3 is 0 Å². The fourth-order valence-corrected chi connectivity index (χ4v) is 4.31. The predicted octanol–water partition coefficient (Wildman–Crippen LogP) is 2.72. The van der Waals surface area contributed by atoms with Gasteiger partial charge in [-0.25, -0.2) is 0 Å². The van der Waals surface area contributed by atoms with Crippen LogP contribution in [-0.2, 0) is 11.3 Å². The second kappa shape index (κ2) is 10.6. The predicted molar refractivity (Wildman–Crippen MR) is 120 cm³/mol. The third-order valence-corrected chi connectivity index (χ3v) is 6.10. The molecule has 2 aliphatic rings. The molecule has 7 heteroatoms. The summed E-state index contributed by atoms with van der Waals surface area (Å²) in [7, 11) is 0. The smallest absolute Gasteiger partial charge is 0.220 e. The van der Waals surface area contributed by atoms with Crippen LogP contribution in [0, 0.1) is 5.92 Å². The molecule has 2 aliphatic heterocycles. The number of hydrogen-bond donors (Lipinski definition) is 2. The van der Waals surface area contributed by atoms with Gasteiger partial charge in [-0.2, -0.15) is 0 Å². The number of aldehydes is 1. The maximum atomic E-state index is 12.8.